The van der Waals surface area contributed by atoms with Gasteiger partial charge in [0.25, 0.3) is 5.91 Å². The van der Waals surface area contributed by atoms with Gasteiger partial charge >= 0.3 is 12.6 Å². The maximum Gasteiger partial charge on any atom is 0.387 e. The number of esters is 1. The van der Waals surface area contributed by atoms with E-state index in [-0.39, 0.29) is 11.3 Å². The van der Waals surface area contributed by atoms with Gasteiger partial charge in [-0.1, -0.05) is 12.1 Å². The van der Waals surface area contributed by atoms with Gasteiger partial charge in [-0.15, -0.1) is 0 Å². The van der Waals surface area contributed by atoms with E-state index < -0.39 is 24.6 Å². The molecule has 0 aliphatic carbocycles. The Morgan fingerprint density at radius 2 is 1.77 bits per heavy atom. The Labute approximate surface area is 148 Å². The number of rotatable bonds is 6. The number of nitrogens with zero attached hydrogens (tertiary/aromatic N) is 1. The van der Waals surface area contributed by atoms with E-state index in [1.807, 2.05) is 6.07 Å². The summed E-state index contributed by atoms with van der Waals surface area (Å²) in [5.74, 6) is -1.92. The summed E-state index contributed by atoms with van der Waals surface area (Å²) in [6.07, 6.45) is -1.18. The number of halogens is 2. The minimum Gasteiger partial charge on any atom is -0.449 e. The van der Waals surface area contributed by atoms with Crippen LogP contribution in [-0.4, -0.2) is 24.6 Å². The summed E-state index contributed by atoms with van der Waals surface area (Å²) in [5.41, 5.74) is 0.627. The molecule has 2 aromatic carbocycles. The number of carbonyl (C=O) groups excluding carboxylic acids is 2. The van der Waals surface area contributed by atoms with E-state index in [4.69, 9.17) is 10.00 Å². The van der Waals surface area contributed by atoms with Crippen molar-refractivity contribution in [2.75, 3.05) is 5.32 Å². The van der Waals surface area contributed by atoms with Crippen molar-refractivity contribution in [3.63, 3.8) is 0 Å². The highest BCUT2D eigenvalue weighted by molar-refractivity contribution is 5.98. The Morgan fingerprint density at radius 1 is 1.12 bits per heavy atom. The maximum atomic E-state index is 12.4. The first-order valence-electron chi connectivity index (χ1n) is 7.46. The largest absolute Gasteiger partial charge is 0.449 e. The van der Waals surface area contributed by atoms with E-state index in [9.17, 15) is 18.4 Å². The van der Waals surface area contributed by atoms with Crippen LogP contribution in [0.5, 0.6) is 5.75 Å². The van der Waals surface area contributed by atoms with Gasteiger partial charge in [0.05, 0.1) is 11.6 Å². The molecule has 6 nitrogen and oxygen atoms in total. The predicted molar refractivity (Wildman–Crippen MR) is 87.7 cm³/mol. The van der Waals surface area contributed by atoms with Gasteiger partial charge in [-0.3, -0.25) is 4.79 Å². The molecule has 0 spiro atoms. The lowest BCUT2D eigenvalue weighted by molar-refractivity contribution is -0.123. The number of hydrogen-bond donors (Lipinski definition) is 1. The van der Waals surface area contributed by atoms with Crippen LogP contribution in [0, 0.1) is 11.3 Å². The zero-order valence-electron chi connectivity index (χ0n) is 13.6. The molecule has 0 fully saturated rings. The normalized spacial score (nSPS) is 11.3. The Kier molecular flexibility index (Phi) is 6.22. The van der Waals surface area contributed by atoms with Crippen molar-refractivity contribution >= 4 is 17.6 Å². The van der Waals surface area contributed by atoms with Crippen LogP contribution in [0.1, 0.15) is 22.8 Å². The summed E-state index contributed by atoms with van der Waals surface area (Å²) in [6.45, 7) is -1.76. The third-order valence-corrected chi connectivity index (χ3v) is 3.26. The molecular formula is C18H14F2N2O4. The van der Waals surface area contributed by atoms with Crippen molar-refractivity contribution in [3.8, 4) is 11.8 Å². The second-order valence-corrected chi connectivity index (χ2v) is 5.10. The molecule has 134 valence electrons. The highest BCUT2D eigenvalue weighted by atomic mass is 19.3. The third kappa shape index (κ3) is 5.01. The van der Waals surface area contributed by atoms with Gasteiger partial charge in [-0.2, -0.15) is 14.0 Å². The lowest BCUT2D eigenvalue weighted by Crippen LogP contribution is -2.30. The summed E-state index contributed by atoms with van der Waals surface area (Å²) in [7, 11) is 0. The number of amides is 1. The number of para-hydroxylation sites is 1. The van der Waals surface area contributed by atoms with Gasteiger partial charge < -0.3 is 14.8 Å². The van der Waals surface area contributed by atoms with E-state index in [1.54, 1.807) is 0 Å². The number of hydrogen-bond acceptors (Lipinski definition) is 5. The lowest BCUT2D eigenvalue weighted by Gasteiger charge is -2.15. The van der Waals surface area contributed by atoms with Crippen molar-refractivity contribution in [2.45, 2.75) is 19.6 Å². The second kappa shape index (κ2) is 8.58. The number of benzene rings is 2. The molecule has 26 heavy (non-hydrogen) atoms. The van der Waals surface area contributed by atoms with Gasteiger partial charge in [-0.25, -0.2) is 4.79 Å². The van der Waals surface area contributed by atoms with Crippen molar-refractivity contribution in [1.82, 2.24) is 0 Å². The smallest absolute Gasteiger partial charge is 0.387 e. The first kappa shape index (κ1) is 18.9. The molecule has 0 bridgehead atoms. The Balaban J connectivity index is 2.02. The van der Waals surface area contributed by atoms with E-state index in [1.165, 1.54) is 55.5 Å². The van der Waals surface area contributed by atoms with Crippen LogP contribution in [0.3, 0.4) is 0 Å². The lowest BCUT2D eigenvalue weighted by atomic mass is 10.2. The Bertz CT molecular complexity index is 832. The van der Waals surface area contributed by atoms with Crippen molar-refractivity contribution in [3.05, 3.63) is 59.7 Å². The third-order valence-electron chi connectivity index (χ3n) is 3.26. The molecule has 0 saturated carbocycles. The van der Waals surface area contributed by atoms with Crippen LogP contribution in [0.4, 0.5) is 14.5 Å². The zero-order valence-corrected chi connectivity index (χ0v) is 13.6. The topological polar surface area (TPSA) is 88.4 Å². The molecule has 0 aliphatic heterocycles. The molecule has 1 N–H and O–H groups in total. The van der Waals surface area contributed by atoms with Gasteiger partial charge in [0.1, 0.15) is 11.3 Å². The highest BCUT2D eigenvalue weighted by Gasteiger charge is 2.22. The number of carbonyl (C=O) groups is 2. The summed E-state index contributed by atoms with van der Waals surface area (Å²) in [5, 5.41) is 11.3. The average molecular weight is 360 g/mol. The van der Waals surface area contributed by atoms with E-state index in [2.05, 4.69) is 10.1 Å². The molecule has 0 radical (unpaired) electrons. The molecule has 1 atom stereocenters. The minimum absolute atomic E-state index is 0.217. The molecular weight excluding hydrogens is 346 g/mol. The number of anilines is 1. The number of nitrogens with one attached hydrogen (secondary N) is 1. The monoisotopic (exact) mass is 360 g/mol. The molecule has 0 unspecified atom stereocenters. The first-order chi connectivity index (χ1) is 12.4. The number of ether oxygens (including phenoxy) is 2. The summed E-state index contributed by atoms with van der Waals surface area (Å²) in [4.78, 5) is 24.2. The standard InChI is InChI=1S/C18H14F2N2O4/c1-11(16(23)22-13-8-6-12(10-21)7-9-13)25-17(24)14-4-2-3-5-15(14)26-18(19)20/h2-9,11,18H,1H3,(H,22,23)/t11-/m0/s1. The van der Waals surface area contributed by atoms with Crippen LogP contribution < -0.4 is 10.1 Å². The van der Waals surface area contributed by atoms with Crippen molar-refractivity contribution in [1.29, 1.82) is 5.26 Å². The van der Waals surface area contributed by atoms with Crippen LogP contribution in [0.25, 0.3) is 0 Å². The van der Waals surface area contributed by atoms with Crippen LogP contribution in [-0.2, 0) is 9.53 Å². The van der Waals surface area contributed by atoms with Crippen molar-refractivity contribution < 1.29 is 27.8 Å². The summed E-state index contributed by atoms with van der Waals surface area (Å²) >= 11 is 0. The summed E-state index contributed by atoms with van der Waals surface area (Å²) < 4.78 is 34.1. The van der Waals surface area contributed by atoms with Crippen LogP contribution in [0.15, 0.2) is 48.5 Å². The van der Waals surface area contributed by atoms with Gasteiger partial charge in [0.2, 0.25) is 0 Å². The SMILES string of the molecule is C[C@H](OC(=O)c1ccccc1OC(F)F)C(=O)Nc1ccc(C#N)cc1. The fourth-order valence-electron chi connectivity index (χ4n) is 1.98. The number of nitriles is 1. The Morgan fingerprint density at radius 3 is 2.38 bits per heavy atom. The quantitative estimate of drug-likeness (QED) is 0.798. The van der Waals surface area contributed by atoms with Gasteiger partial charge in [0.15, 0.2) is 6.10 Å². The second-order valence-electron chi connectivity index (χ2n) is 5.10. The highest BCUT2D eigenvalue weighted by Crippen LogP contribution is 2.21. The molecule has 0 aliphatic rings. The zero-order chi connectivity index (χ0) is 19.1. The first-order valence-corrected chi connectivity index (χ1v) is 7.46. The molecule has 2 aromatic rings. The van der Waals surface area contributed by atoms with Crippen LogP contribution >= 0.6 is 0 Å². The Hall–Kier alpha value is -3.47. The molecule has 0 heterocycles. The molecule has 0 aromatic heterocycles. The van der Waals surface area contributed by atoms with Crippen LogP contribution in [0.2, 0.25) is 0 Å². The minimum atomic E-state index is -3.10. The fraction of sp³-hybridized carbons (Fsp3) is 0.167. The molecule has 0 saturated heterocycles. The maximum absolute atomic E-state index is 12.4. The average Bonchev–Trinajstić information content (AvgIpc) is 2.62. The van der Waals surface area contributed by atoms with E-state index >= 15 is 0 Å². The van der Waals surface area contributed by atoms with Gasteiger partial charge in [0, 0.05) is 5.69 Å². The fourth-order valence-corrected chi connectivity index (χ4v) is 1.98. The number of alkyl halides is 2. The van der Waals surface area contributed by atoms with E-state index in [0.29, 0.717) is 11.3 Å². The molecule has 1 amide bonds. The molecule has 8 heteroatoms. The molecule has 2 rings (SSSR count). The van der Waals surface area contributed by atoms with Gasteiger partial charge in [-0.05, 0) is 43.3 Å². The summed E-state index contributed by atoms with van der Waals surface area (Å²) in [6, 6.07) is 13.4. The predicted octanol–water partition coefficient (Wildman–Crippen LogP) is 3.34. The van der Waals surface area contributed by atoms with Crippen molar-refractivity contribution in [2.24, 2.45) is 0 Å². The van der Waals surface area contributed by atoms with E-state index in [0.717, 1.165) is 0 Å².